The average molecular weight is 282 g/mol. The molecule has 94 valence electrons. The zero-order chi connectivity index (χ0) is 13.1. The first-order valence-corrected chi connectivity index (χ1v) is 6.69. The van der Waals surface area contributed by atoms with Crippen molar-refractivity contribution in [3.05, 3.63) is 33.3 Å². The van der Waals surface area contributed by atoms with Crippen LogP contribution < -0.4 is 10.9 Å². The lowest BCUT2D eigenvalue weighted by Gasteiger charge is -2.05. The van der Waals surface area contributed by atoms with Gasteiger partial charge >= 0.3 is 0 Å². The predicted molar refractivity (Wildman–Crippen MR) is 68.6 cm³/mol. The summed E-state index contributed by atoms with van der Waals surface area (Å²) in [6.45, 7) is 3.47. The lowest BCUT2D eigenvalue weighted by Crippen LogP contribution is -2.41. The van der Waals surface area contributed by atoms with E-state index in [1.165, 1.54) is 23.1 Å². The number of carbonyl (C=O) groups excluding carboxylic acids is 2. The van der Waals surface area contributed by atoms with Crippen molar-refractivity contribution in [2.75, 3.05) is 0 Å². The normalized spacial score (nSPS) is 10.1. The molecule has 2 aromatic rings. The largest absolute Gasteiger partial charge is 0.272 e. The minimum atomic E-state index is -0.379. The molecule has 0 bridgehead atoms. The van der Waals surface area contributed by atoms with Crippen molar-refractivity contribution >= 4 is 34.9 Å². The number of hydrazine groups is 1. The van der Waals surface area contributed by atoms with Crippen LogP contribution in [-0.4, -0.2) is 20.6 Å². The Hall–Kier alpha value is -1.80. The minimum absolute atomic E-state index is 0.379. The van der Waals surface area contributed by atoms with Gasteiger partial charge in [-0.05, 0) is 36.9 Å². The maximum Gasteiger partial charge on any atom is 0.272 e. The van der Waals surface area contributed by atoms with E-state index in [-0.39, 0.29) is 11.8 Å². The lowest BCUT2D eigenvalue weighted by molar-refractivity contribution is 0.0846. The van der Waals surface area contributed by atoms with Gasteiger partial charge < -0.3 is 0 Å². The van der Waals surface area contributed by atoms with E-state index < -0.39 is 0 Å². The first-order valence-electron chi connectivity index (χ1n) is 5.02. The Labute approximate surface area is 111 Å². The zero-order valence-corrected chi connectivity index (χ0v) is 11.3. The molecule has 0 spiro atoms. The van der Waals surface area contributed by atoms with Crippen LogP contribution in [0.2, 0.25) is 0 Å². The van der Waals surface area contributed by atoms with Gasteiger partial charge in [0.15, 0.2) is 0 Å². The van der Waals surface area contributed by atoms with Crippen molar-refractivity contribution in [3.63, 3.8) is 0 Å². The molecule has 2 amide bonds. The number of rotatable bonds is 2. The molecule has 0 aliphatic rings. The molecule has 0 unspecified atom stereocenters. The number of hydrogen-bond donors (Lipinski definition) is 2. The predicted octanol–water partition coefficient (Wildman–Crippen LogP) is 1.29. The van der Waals surface area contributed by atoms with Gasteiger partial charge in [-0.2, -0.15) is 8.75 Å². The fourth-order valence-corrected chi connectivity index (χ4v) is 2.65. The van der Waals surface area contributed by atoms with Crippen molar-refractivity contribution in [3.8, 4) is 0 Å². The molecule has 0 saturated heterocycles. The van der Waals surface area contributed by atoms with Gasteiger partial charge in [-0.15, -0.1) is 0 Å². The maximum atomic E-state index is 11.7. The van der Waals surface area contributed by atoms with E-state index in [1.54, 1.807) is 24.6 Å². The molecule has 2 aromatic heterocycles. The first kappa shape index (κ1) is 12.7. The van der Waals surface area contributed by atoms with Gasteiger partial charge in [-0.1, -0.05) is 0 Å². The van der Waals surface area contributed by atoms with Crippen LogP contribution in [0.1, 0.15) is 32.1 Å². The third-order valence-electron chi connectivity index (χ3n) is 2.28. The summed E-state index contributed by atoms with van der Waals surface area (Å²) in [7, 11) is 0. The molecule has 0 radical (unpaired) electrons. The van der Waals surface area contributed by atoms with E-state index in [0.717, 1.165) is 0 Å². The molecule has 2 rings (SSSR count). The van der Waals surface area contributed by atoms with Crippen LogP contribution in [0.5, 0.6) is 0 Å². The summed E-state index contributed by atoms with van der Waals surface area (Å²) in [6, 6.07) is 0. The van der Waals surface area contributed by atoms with Crippen molar-refractivity contribution < 1.29 is 9.59 Å². The molecule has 2 heterocycles. The van der Waals surface area contributed by atoms with Crippen LogP contribution in [0, 0.1) is 13.8 Å². The van der Waals surface area contributed by atoms with Crippen LogP contribution in [0.4, 0.5) is 0 Å². The number of aryl methyl sites for hydroxylation is 2. The molecule has 0 atom stereocenters. The maximum absolute atomic E-state index is 11.7. The van der Waals surface area contributed by atoms with Crippen molar-refractivity contribution in [1.29, 1.82) is 0 Å². The van der Waals surface area contributed by atoms with Gasteiger partial charge in [0.1, 0.15) is 0 Å². The number of hydrogen-bond acceptors (Lipinski definition) is 6. The van der Waals surface area contributed by atoms with E-state index in [2.05, 4.69) is 19.6 Å². The summed E-state index contributed by atoms with van der Waals surface area (Å²) in [5.41, 5.74) is 6.89. The molecule has 18 heavy (non-hydrogen) atoms. The second-order valence-corrected chi connectivity index (χ2v) is 4.79. The quantitative estimate of drug-likeness (QED) is 0.813. The van der Waals surface area contributed by atoms with E-state index in [4.69, 9.17) is 0 Å². The Kier molecular flexibility index (Phi) is 3.68. The molecule has 2 N–H and O–H groups in total. The van der Waals surface area contributed by atoms with Gasteiger partial charge in [0.05, 0.1) is 22.5 Å². The molecule has 0 aliphatic carbocycles. The van der Waals surface area contributed by atoms with Crippen LogP contribution in [-0.2, 0) is 0 Å². The average Bonchev–Trinajstić information content (AvgIpc) is 2.94. The standard InChI is InChI=1S/C10H10N4O2S2/c1-5-7(3-17-13-5)9(15)11-12-10(16)8-4-18-14-6(8)2/h3-4H,1-2H3,(H,11,15)(H,12,16). The Bertz CT molecular complexity index is 538. The number of carbonyl (C=O) groups is 2. The molecule has 6 nitrogen and oxygen atoms in total. The van der Waals surface area contributed by atoms with Crippen LogP contribution in [0.25, 0.3) is 0 Å². The van der Waals surface area contributed by atoms with Crippen molar-refractivity contribution in [2.45, 2.75) is 13.8 Å². The lowest BCUT2D eigenvalue weighted by atomic mass is 10.2. The van der Waals surface area contributed by atoms with Gasteiger partial charge in [0.25, 0.3) is 11.8 Å². The van der Waals surface area contributed by atoms with Crippen molar-refractivity contribution in [2.24, 2.45) is 0 Å². The van der Waals surface area contributed by atoms with Gasteiger partial charge in [0, 0.05) is 10.8 Å². The van der Waals surface area contributed by atoms with Gasteiger partial charge in [0.2, 0.25) is 0 Å². The van der Waals surface area contributed by atoms with Gasteiger partial charge in [-0.25, -0.2) is 0 Å². The number of nitrogens with zero attached hydrogens (tertiary/aromatic N) is 2. The number of nitrogens with one attached hydrogen (secondary N) is 2. The topological polar surface area (TPSA) is 84.0 Å². The highest BCUT2D eigenvalue weighted by Gasteiger charge is 2.14. The summed E-state index contributed by atoms with van der Waals surface area (Å²) < 4.78 is 7.98. The molecule has 8 heteroatoms. The van der Waals surface area contributed by atoms with E-state index in [0.29, 0.717) is 22.5 Å². The second-order valence-electron chi connectivity index (χ2n) is 3.54. The van der Waals surface area contributed by atoms with E-state index in [1.807, 2.05) is 0 Å². The Morgan fingerprint density at radius 3 is 1.61 bits per heavy atom. The summed E-state index contributed by atoms with van der Waals surface area (Å²) in [4.78, 5) is 23.4. The highest BCUT2D eigenvalue weighted by atomic mass is 32.1. The fraction of sp³-hybridized carbons (Fsp3) is 0.200. The summed E-state index contributed by atoms with van der Waals surface area (Å²) in [5, 5.41) is 3.27. The van der Waals surface area contributed by atoms with E-state index >= 15 is 0 Å². The molecule has 0 aliphatic heterocycles. The third-order valence-corrected chi connectivity index (χ3v) is 3.72. The summed E-state index contributed by atoms with van der Waals surface area (Å²) >= 11 is 2.39. The molecular weight excluding hydrogens is 272 g/mol. The summed E-state index contributed by atoms with van der Waals surface area (Å²) in [6.07, 6.45) is 0. The molecule has 0 saturated carbocycles. The minimum Gasteiger partial charge on any atom is -0.267 e. The van der Waals surface area contributed by atoms with Crippen LogP contribution in [0.3, 0.4) is 0 Å². The highest BCUT2D eigenvalue weighted by molar-refractivity contribution is 7.04. The smallest absolute Gasteiger partial charge is 0.267 e. The Morgan fingerprint density at radius 2 is 1.33 bits per heavy atom. The van der Waals surface area contributed by atoms with Gasteiger partial charge in [-0.3, -0.25) is 20.4 Å². The zero-order valence-electron chi connectivity index (χ0n) is 9.68. The number of aromatic nitrogens is 2. The molecule has 0 aromatic carbocycles. The fourth-order valence-electron chi connectivity index (χ4n) is 1.27. The monoisotopic (exact) mass is 282 g/mol. The molecular formula is C10H10N4O2S2. The first-order chi connectivity index (χ1) is 8.59. The summed E-state index contributed by atoms with van der Waals surface area (Å²) in [5.74, 6) is -0.758. The van der Waals surface area contributed by atoms with Crippen LogP contribution in [0.15, 0.2) is 10.8 Å². The van der Waals surface area contributed by atoms with Crippen molar-refractivity contribution in [1.82, 2.24) is 19.6 Å². The van der Waals surface area contributed by atoms with E-state index in [9.17, 15) is 9.59 Å². The SMILES string of the molecule is Cc1nscc1C(=O)NNC(=O)c1csnc1C. The Balaban J connectivity index is 1.97. The molecule has 0 fully saturated rings. The Morgan fingerprint density at radius 1 is 0.944 bits per heavy atom. The highest BCUT2D eigenvalue weighted by Crippen LogP contribution is 2.09. The van der Waals surface area contributed by atoms with Crippen LogP contribution >= 0.6 is 23.1 Å². The third kappa shape index (κ3) is 2.54. The second kappa shape index (κ2) is 5.23. The number of amides is 2.